The molecule has 1 aromatic heterocycles. The lowest BCUT2D eigenvalue weighted by atomic mass is 10.2. The molecule has 7 heteroatoms. The third kappa shape index (κ3) is 3.85. The molecule has 1 aliphatic heterocycles. The molecule has 0 atom stereocenters. The molecule has 1 fully saturated rings. The van der Waals surface area contributed by atoms with Gasteiger partial charge in [-0.25, -0.2) is 4.39 Å². The van der Waals surface area contributed by atoms with Crippen LogP contribution in [0.25, 0.3) is 6.08 Å². The molecule has 1 saturated heterocycles. The van der Waals surface area contributed by atoms with E-state index in [0.29, 0.717) is 18.2 Å². The average Bonchev–Trinajstić information content (AvgIpc) is 2.86. The van der Waals surface area contributed by atoms with Crippen molar-refractivity contribution in [1.82, 2.24) is 14.7 Å². The summed E-state index contributed by atoms with van der Waals surface area (Å²) in [5.41, 5.74) is 2.53. The number of anilines is 1. The molecule has 0 aliphatic carbocycles. The molecular weight excluding hydrogens is 343 g/mol. The summed E-state index contributed by atoms with van der Waals surface area (Å²) in [5.74, 6) is -0.287. The summed E-state index contributed by atoms with van der Waals surface area (Å²) in [5, 5.41) is 4.74. The zero-order valence-electron chi connectivity index (χ0n) is 14.2. The van der Waals surface area contributed by atoms with Gasteiger partial charge < -0.3 is 9.80 Å². The number of rotatable bonds is 3. The summed E-state index contributed by atoms with van der Waals surface area (Å²) >= 11 is 6.17. The first-order valence-corrected chi connectivity index (χ1v) is 8.50. The van der Waals surface area contributed by atoms with E-state index in [1.165, 1.54) is 12.1 Å². The molecule has 1 amide bonds. The Labute approximate surface area is 151 Å². The monoisotopic (exact) mass is 362 g/mol. The number of carbonyl (C=O) groups excluding carboxylic acids is 1. The Morgan fingerprint density at radius 1 is 1.20 bits per heavy atom. The first-order chi connectivity index (χ1) is 12.0. The first-order valence-electron chi connectivity index (χ1n) is 8.12. The van der Waals surface area contributed by atoms with Crippen molar-refractivity contribution in [3.05, 3.63) is 52.6 Å². The Hall–Kier alpha value is -2.34. The molecule has 5 nitrogen and oxygen atoms in total. The van der Waals surface area contributed by atoms with E-state index in [1.54, 1.807) is 40.9 Å². The van der Waals surface area contributed by atoms with Gasteiger partial charge in [0.25, 0.3) is 0 Å². The molecule has 0 unspecified atom stereocenters. The second-order valence-electron chi connectivity index (χ2n) is 6.04. The smallest absolute Gasteiger partial charge is 0.246 e. The molecule has 0 saturated carbocycles. The molecule has 0 N–H and O–H groups in total. The molecule has 0 bridgehead atoms. The van der Waals surface area contributed by atoms with Gasteiger partial charge in [-0.05, 0) is 37.3 Å². The van der Waals surface area contributed by atoms with Crippen molar-refractivity contribution >= 4 is 29.3 Å². The Balaban J connectivity index is 1.60. The number of benzene rings is 1. The van der Waals surface area contributed by atoms with Crippen molar-refractivity contribution < 1.29 is 9.18 Å². The molecule has 1 aromatic carbocycles. The van der Waals surface area contributed by atoms with Crippen LogP contribution >= 0.6 is 11.6 Å². The minimum absolute atomic E-state index is 0.0434. The Morgan fingerprint density at radius 3 is 2.40 bits per heavy atom. The quantitative estimate of drug-likeness (QED) is 0.788. The Kier molecular flexibility index (Phi) is 5.08. The molecular formula is C18H20ClFN4O. The van der Waals surface area contributed by atoms with Crippen LogP contribution < -0.4 is 4.90 Å². The van der Waals surface area contributed by atoms with Crippen LogP contribution in [0.4, 0.5) is 10.1 Å². The maximum absolute atomic E-state index is 13.0. The zero-order chi connectivity index (χ0) is 18.0. The summed E-state index contributed by atoms with van der Waals surface area (Å²) in [6.45, 7) is 4.55. The van der Waals surface area contributed by atoms with Gasteiger partial charge in [0.05, 0.1) is 5.69 Å². The molecule has 1 aliphatic rings. The van der Waals surface area contributed by atoms with Gasteiger partial charge in [-0.1, -0.05) is 11.6 Å². The molecule has 3 rings (SSSR count). The normalized spacial score (nSPS) is 15.2. The van der Waals surface area contributed by atoms with Crippen LogP contribution in [0.3, 0.4) is 0 Å². The number of hydrogen-bond donors (Lipinski definition) is 0. The van der Waals surface area contributed by atoms with Crippen LogP contribution in [0.2, 0.25) is 5.15 Å². The SMILES string of the molecule is Cc1nn(C)c(Cl)c1/C=C/C(=O)N1CCN(c2ccc(F)cc2)CC1. The highest BCUT2D eigenvalue weighted by molar-refractivity contribution is 6.31. The lowest BCUT2D eigenvalue weighted by Crippen LogP contribution is -2.48. The summed E-state index contributed by atoms with van der Waals surface area (Å²) in [6, 6.07) is 6.44. The third-order valence-electron chi connectivity index (χ3n) is 4.37. The molecule has 0 radical (unpaired) electrons. The fourth-order valence-corrected chi connectivity index (χ4v) is 3.17. The maximum atomic E-state index is 13.0. The van der Waals surface area contributed by atoms with E-state index in [-0.39, 0.29) is 11.7 Å². The van der Waals surface area contributed by atoms with Gasteiger partial charge in [-0.3, -0.25) is 9.48 Å². The van der Waals surface area contributed by atoms with Gasteiger partial charge in [0.1, 0.15) is 11.0 Å². The number of aryl methyl sites for hydroxylation is 2. The number of piperazine rings is 1. The van der Waals surface area contributed by atoms with Crippen LogP contribution in [-0.2, 0) is 11.8 Å². The fraction of sp³-hybridized carbons (Fsp3) is 0.333. The zero-order valence-corrected chi connectivity index (χ0v) is 15.0. The summed E-state index contributed by atoms with van der Waals surface area (Å²) < 4.78 is 14.6. The highest BCUT2D eigenvalue weighted by Crippen LogP contribution is 2.21. The van der Waals surface area contributed by atoms with E-state index < -0.39 is 0 Å². The number of nitrogens with zero attached hydrogens (tertiary/aromatic N) is 4. The Bertz CT molecular complexity index is 792. The summed E-state index contributed by atoms with van der Waals surface area (Å²) in [6.07, 6.45) is 3.27. The molecule has 25 heavy (non-hydrogen) atoms. The van der Waals surface area contributed by atoms with Crippen LogP contribution in [0.5, 0.6) is 0 Å². The molecule has 2 aromatic rings. The van der Waals surface area contributed by atoms with Gasteiger partial charge in [0.2, 0.25) is 5.91 Å². The lowest BCUT2D eigenvalue weighted by molar-refractivity contribution is -0.126. The summed E-state index contributed by atoms with van der Waals surface area (Å²) in [4.78, 5) is 16.3. The second-order valence-corrected chi connectivity index (χ2v) is 6.39. The summed E-state index contributed by atoms with van der Waals surface area (Å²) in [7, 11) is 1.77. The highest BCUT2D eigenvalue weighted by atomic mass is 35.5. The van der Waals surface area contributed by atoms with Gasteiger partial charge >= 0.3 is 0 Å². The number of hydrogen-bond acceptors (Lipinski definition) is 3. The van der Waals surface area contributed by atoms with E-state index in [4.69, 9.17) is 11.6 Å². The largest absolute Gasteiger partial charge is 0.368 e. The topological polar surface area (TPSA) is 41.4 Å². The van der Waals surface area contributed by atoms with Gasteiger partial charge in [-0.2, -0.15) is 5.10 Å². The second kappa shape index (κ2) is 7.27. The van der Waals surface area contributed by atoms with Gasteiger partial charge in [-0.15, -0.1) is 0 Å². The molecule has 2 heterocycles. The van der Waals surface area contributed by atoms with E-state index in [0.717, 1.165) is 30.0 Å². The lowest BCUT2D eigenvalue weighted by Gasteiger charge is -2.35. The molecule has 132 valence electrons. The number of carbonyl (C=O) groups is 1. The van der Waals surface area contributed by atoms with Crippen LogP contribution in [0, 0.1) is 12.7 Å². The van der Waals surface area contributed by atoms with Crippen LogP contribution in [-0.4, -0.2) is 46.8 Å². The van der Waals surface area contributed by atoms with E-state index >= 15 is 0 Å². The van der Waals surface area contributed by atoms with E-state index in [9.17, 15) is 9.18 Å². The van der Waals surface area contributed by atoms with Crippen LogP contribution in [0.15, 0.2) is 30.3 Å². The van der Waals surface area contributed by atoms with Crippen molar-refractivity contribution in [2.24, 2.45) is 7.05 Å². The predicted octanol–water partition coefficient (Wildman–Crippen LogP) is 2.88. The molecule has 0 spiro atoms. The highest BCUT2D eigenvalue weighted by Gasteiger charge is 2.20. The number of halogens is 2. The predicted molar refractivity (Wildman–Crippen MR) is 97.2 cm³/mol. The van der Waals surface area contributed by atoms with Gasteiger partial charge in [0, 0.05) is 50.6 Å². The standard InChI is InChI=1S/C18H20ClFN4O/c1-13-16(18(19)22(2)21-13)7-8-17(25)24-11-9-23(10-12-24)15-5-3-14(20)4-6-15/h3-8H,9-12H2,1-2H3/b8-7+. The van der Waals surface area contributed by atoms with Crippen molar-refractivity contribution in [3.8, 4) is 0 Å². The van der Waals surface area contributed by atoms with Gasteiger partial charge in [0.15, 0.2) is 0 Å². The van der Waals surface area contributed by atoms with Crippen LogP contribution in [0.1, 0.15) is 11.3 Å². The van der Waals surface area contributed by atoms with E-state index in [1.807, 2.05) is 6.92 Å². The maximum Gasteiger partial charge on any atom is 0.246 e. The van der Waals surface area contributed by atoms with Crippen molar-refractivity contribution in [3.63, 3.8) is 0 Å². The Morgan fingerprint density at radius 2 is 1.84 bits per heavy atom. The average molecular weight is 363 g/mol. The number of aromatic nitrogens is 2. The van der Waals surface area contributed by atoms with Crippen molar-refractivity contribution in [1.29, 1.82) is 0 Å². The fourth-order valence-electron chi connectivity index (χ4n) is 2.93. The third-order valence-corrected chi connectivity index (χ3v) is 4.82. The minimum atomic E-state index is -0.243. The van der Waals surface area contributed by atoms with Crippen molar-refractivity contribution in [2.45, 2.75) is 6.92 Å². The van der Waals surface area contributed by atoms with Crippen molar-refractivity contribution in [2.75, 3.05) is 31.1 Å². The minimum Gasteiger partial charge on any atom is -0.368 e. The first kappa shape index (κ1) is 17.5. The van der Waals surface area contributed by atoms with E-state index in [2.05, 4.69) is 10.00 Å². The number of amides is 1.